The van der Waals surface area contributed by atoms with Crippen LogP contribution in [-0.2, 0) is 19.9 Å². The summed E-state index contributed by atoms with van der Waals surface area (Å²) in [4.78, 5) is 18.7. The van der Waals surface area contributed by atoms with Crippen molar-refractivity contribution in [1.29, 1.82) is 0 Å². The topological polar surface area (TPSA) is 90.5 Å². The number of anilines is 1. The van der Waals surface area contributed by atoms with E-state index in [-0.39, 0.29) is 5.91 Å². The van der Waals surface area contributed by atoms with Gasteiger partial charge in [-0.1, -0.05) is 35.9 Å². The van der Waals surface area contributed by atoms with Crippen molar-refractivity contribution in [2.24, 2.45) is 7.05 Å². The molecule has 0 fully saturated rings. The molecule has 0 spiro atoms. The molecule has 0 atom stereocenters. The Morgan fingerprint density at radius 3 is 2.77 bits per heavy atom. The minimum Gasteiger partial charge on any atom is -0.319 e. The quantitative estimate of drug-likeness (QED) is 0.549. The maximum Gasteiger partial charge on any atom is 0.276 e. The fourth-order valence-corrected chi connectivity index (χ4v) is 4.15. The smallest absolute Gasteiger partial charge is 0.276 e. The third-order valence-corrected chi connectivity index (χ3v) is 5.47. The molecule has 0 unspecified atom stereocenters. The van der Waals surface area contributed by atoms with Crippen LogP contribution >= 0.6 is 11.6 Å². The Labute approximate surface area is 177 Å². The van der Waals surface area contributed by atoms with E-state index in [1.807, 2.05) is 19.2 Å². The van der Waals surface area contributed by atoms with E-state index in [0.29, 0.717) is 22.2 Å². The molecule has 4 aromatic rings. The van der Waals surface area contributed by atoms with Gasteiger partial charge in [-0.2, -0.15) is 15.3 Å². The number of carbonyl (C=O) groups excluding carboxylic acids is 1. The Kier molecular flexibility index (Phi) is 4.55. The van der Waals surface area contributed by atoms with E-state index in [4.69, 9.17) is 11.6 Å². The Morgan fingerprint density at radius 1 is 1.17 bits per heavy atom. The predicted molar refractivity (Wildman–Crippen MR) is 113 cm³/mol. The molecular formula is C21H18ClN7O. The number of benzene rings is 1. The molecule has 0 saturated heterocycles. The van der Waals surface area contributed by atoms with E-state index >= 15 is 0 Å². The van der Waals surface area contributed by atoms with Gasteiger partial charge in [0, 0.05) is 18.2 Å². The molecular weight excluding hydrogens is 402 g/mol. The molecule has 0 saturated carbocycles. The van der Waals surface area contributed by atoms with Crippen LogP contribution in [0, 0.1) is 0 Å². The van der Waals surface area contributed by atoms with Crippen LogP contribution in [0.1, 0.15) is 28.0 Å². The molecule has 150 valence electrons. The first-order valence-electron chi connectivity index (χ1n) is 9.59. The van der Waals surface area contributed by atoms with Gasteiger partial charge in [0.25, 0.3) is 5.91 Å². The first-order valence-corrected chi connectivity index (χ1v) is 9.97. The third kappa shape index (κ3) is 3.15. The van der Waals surface area contributed by atoms with Crippen molar-refractivity contribution in [3.8, 4) is 17.1 Å². The number of carbonyl (C=O) groups is 1. The number of pyridine rings is 1. The summed E-state index contributed by atoms with van der Waals surface area (Å²) < 4.78 is 1.80. The largest absolute Gasteiger partial charge is 0.319 e. The highest BCUT2D eigenvalue weighted by atomic mass is 35.5. The van der Waals surface area contributed by atoms with Crippen molar-refractivity contribution in [3.63, 3.8) is 0 Å². The van der Waals surface area contributed by atoms with Crippen LogP contribution < -0.4 is 5.32 Å². The fourth-order valence-electron chi connectivity index (χ4n) is 3.91. The highest BCUT2D eigenvalue weighted by Gasteiger charge is 2.26. The zero-order valence-electron chi connectivity index (χ0n) is 16.2. The first kappa shape index (κ1) is 18.5. The van der Waals surface area contributed by atoms with Crippen LogP contribution in [0.2, 0.25) is 5.02 Å². The van der Waals surface area contributed by atoms with Crippen LogP contribution in [-0.4, -0.2) is 35.7 Å². The lowest BCUT2D eigenvalue weighted by Crippen LogP contribution is -2.15. The van der Waals surface area contributed by atoms with E-state index in [1.165, 1.54) is 16.6 Å². The van der Waals surface area contributed by atoms with Crippen molar-refractivity contribution in [3.05, 3.63) is 70.8 Å². The Bertz CT molecular complexity index is 1250. The van der Waals surface area contributed by atoms with Crippen LogP contribution in [0.5, 0.6) is 0 Å². The second-order valence-corrected chi connectivity index (χ2v) is 7.52. The van der Waals surface area contributed by atoms with Gasteiger partial charge < -0.3 is 5.32 Å². The van der Waals surface area contributed by atoms with E-state index in [1.54, 1.807) is 23.1 Å². The summed E-state index contributed by atoms with van der Waals surface area (Å²) in [5, 5.41) is 15.8. The summed E-state index contributed by atoms with van der Waals surface area (Å²) in [5.74, 6) is 0.108. The third-order valence-electron chi connectivity index (χ3n) is 5.19. The maximum atomic E-state index is 13.1. The normalized spacial score (nSPS) is 12.7. The molecule has 1 N–H and O–H groups in total. The Morgan fingerprint density at radius 2 is 1.97 bits per heavy atom. The molecule has 0 bridgehead atoms. The minimum absolute atomic E-state index is 0.283. The molecule has 1 aromatic carbocycles. The van der Waals surface area contributed by atoms with E-state index in [0.717, 1.165) is 36.1 Å². The molecule has 5 rings (SSSR count). The lowest BCUT2D eigenvalue weighted by atomic mass is 10.0. The van der Waals surface area contributed by atoms with Gasteiger partial charge in [-0.3, -0.25) is 9.48 Å². The van der Waals surface area contributed by atoms with Gasteiger partial charge >= 0.3 is 0 Å². The van der Waals surface area contributed by atoms with Gasteiger partial charge in [0.1, 0.15) is 0 Å². The first-order chi connectivity index (χ1) is 14.6. The summed E-state index contributed by atoms with van der Waals surface area (Å²) in [6.07, 6.45) is 7.35. The molecule has 30 heavy (non-hydrogen) atoms. The number of fused-ring (bicyclic) bond motifs is 3. The Hall–Kier alpha value is -3.52. The molecule has 0 radical (unpaired) electrons. The summed E-state index contributed by atoms with van der Waals surface area (Å²) in [7, 11) is 1.88. The van der Waals surface area contributed by atoms with Crippen LogP contribution in [0.3, 0.4) is 0 Å². The number of hydrogen-bond acceptors (Lipinski definition) is 5. The summed E-state index contributed by atoms with van der Waals surface area (Å²) >= 11 is 6.31. The molecule has 8 nitrogen and oxygen atoms in total. The Balaban J connectivity index is 1.47. The van der Waals surface area contributed by atoms with Crippen molar-refractivity contribution in [2.75, 3.05) is 5.32 Å². The van der Waals surface area contributed by atoms with Gasteiger partial charge in [-0.05, 0) is 30.9 Å². The lowest BCUT2D eigenvalue weighted by Gasteiger charge is -2.08. The zero-order valence-corrected chi connectivity index (χ0v) is 17.0. The molecule has 1 aliphatic carbocycles. The van der Waals surface area contributed by atoms with Crippen LogP contribution in [0.4, 0.5) is 5.69 Å². The second kappa shape index (κ2) is 7.38. The molecule has 3 aromatic heterocycles. The van der Waals surface area contributed by atoms with Crippen molar-refractivity contribution >= 4 is 23.2 Å². The van der Waals surface area contributed by atoms with Crippen molar-refractivity contribution in [2.45, 2.75) is 19.3 Å². The number of aryl methyl sites for hydroxylation is 2. The van der Waals surface area contributed by atoms with Crippen molar-refractivity contribution in [1.82, 2.24) is 29.8 Å². The highest BCUT2D eigenvalue weighted by molar-refractivity contribution is 6.32. The average molecular weight is 420 g/mol. The van der Waals surface area contributed by atoms with Gasteiger partial charge in [0.15, 0.2) is 11.5 Å². The maximum absolute atomic E-state index is 13.1. The van der Waals surface area contributed by atoms with E-state index < -0.39 is 0 Å². The number of rotatable bonds is 3. The summed E-state index contributed by atoms with van der Waals surface area (Å²) in [6.45, 7) is 0. The fraction of sp³-hybridized carbons (Fsp3) is 0.190. The molecule has 0 aliphatic heterocycles. The zero-order chi connectivity index (χ0) is 20.7. The van der Waals surface area contributed by atoms with E-state index in [2.05, 4.69) is 37.7 Å². The van der Waals surface area contributed by atoms with E-state index in [9.17, 15) is 4.79 Å². The van der Waals surface area contributed by atoms with Gasteiger partial charge in [-0.25, -0.2) is 4.98 Å². The monoisotopic (exact) mass is 419 g/mol. The number of amides is 1. The van der Waals surface area contributed by atoms with Gasteiger partial charge in [-0.15, -0.1) is 4.80 Å². The summed E-state index contributed by atoms with van der Waals surface area (Å²) in [5.41, 5.74) is 5.30. The van der Waals surface area contributed by atoms with Gasteiger partial charge in [0.2, 0.25) is 0 Å². The summed E-state index contributed by atoms with van der Waals surface area (Å²) in [6, 6.07) is 9.93. The molecule has 1 amide bonds. The lowest BCUT2D eigenvalue weighted by molar-refractivity contribution is 0.102. The van der Waals surface area contributed by atoms with Crippen molar-refractivity contribution < 1.29 is 4.79 Å². The number of aromatic nitrogens is 6. The highest BCUT2D eigenvalue weighted by Crippen LogP contribution is 2.34. The number of hydrogen-bond donors (Lipinski definition) is 1. The van der Waals surface area contributed by atoms with Gasteiger partial charge in [0.05, 0.1) is 35.0 Å². The standard InChI is InChI=1S/C21H18ClN7O/c1-28-19-15-7-3-2-5-13(15)6-4-8-16(19)18(27-28)21(30)26-14-11-17(22)20(23-12-14)29-24-9-10-25-29/h2-3,5,7,9-12H,4,6,8H2,1H3,(H,26,30). The number of nitrogens with one attached hydrogen (secondary N) is 1. The predicted octanol–water partition coefficient (Wildman–Crippen LogP) is 3.46. The van der Waals surface area contributed by atoms with Crippen LogP contribution in [0.15, 0.2) is 48.9 Å². The average Bonchev–Trinajstić information content (AvgIpc) is 3.32. The minimum atomic E-state index is -0.283. The second-order valence-electron chi connectivity index (χ2n) is 7.11. The molecule has 9 heteroatoms. The number of nitrogens with zero attached hydrogens (tertiary/aromatic N) is 6. The molecule has 3 heterocycles. The number of halogens is 1. The SMILES string of the molecule is Cn1nc(C(=O)Nc2cnc(-n3nccn3)c(Cl)c2)c2c1-c1ccccc1CCC2. The van der Waals surface area contributed by atoms with Crippen LogP contribution in [0.25, 0.3) is 17.1 Å². The molecule has 1 aliphatic rings.